The van der Waals surface area contributed by atoms with E-state index < -0.39 is 5.60 Å². The van der Waals surface area contributed by atoms with Crippen molar-refractivity contribution in [3.05, 3.63) is 35.4 Å². The van der Waals surface area contributed by atoms with Crippen LogP contribution in [0.4, 0.5) is 0 Å². The van der Waals surface area contributed by atoms with E-state index in [0.29, 0.717) is 0 Å². The maximum atomic E-state index is 10.4. The van der Waals surface area contributed by atoms with Gasteiger partial charge in [0.25, 0.3) is 0 Å². The number of aliphatic hydroxyl groups is 1. The standard InChI is InChI=1S/C13H20O/c1-5-11-8-6-7-9-12(11)13(4,14)10(2)3/h6-10,14H,5H2,1-4H3/t13-/m1/s1. The van der Waals surface area contributed by atoms with Gasteiger partial charge in [0.1, 0.15) is 0 Å². The van der Waals surface area contributed by atoms with E-state index in [4.69, 9.17) is 0 Å². The molecule has 1 nitrogen and oxygen atoms in total. The summed E-state index contributed by atoms with van der Waals surface area (Å²) >= 11 is 0. The molecule has 0 aromatic heterocycles. The monoisotopic (exact) mass is 192 g/mol. The molecule has 14 heavy (non-hydrogen) atoms. The molecule has 1 atom stereocenters. The van der Waals surface area contributed by atoms with E-state index in [9.17, 15) is 5.11 Å². The van der Waals surface area contributed by atoms with Crippen LogP contribution in [0.1, 0.15) is 38.8 Å². The van der Waals surface area contributed by atoms with Crippen molar-refractivity contribution in [2.75, 3.05) is 0 Å². The largest absolute Gasteiger partial charge is 0.385 e. The first kappa shape index (κ1) is 11.3. The number of hydrogen-bond donors (Lipinski definition) is 1. The average molecular weight is 192 g/mol. The van der Waals surface area contributed by atoms with E-state index in [-0.39, 0.29) is 5.92 Å². The van der Waals surface area contributed by atoms with Crippen molar-refractivity contribution in [1.82, 2.24) is 0 Å². The number of benzene rings is 1. The summed E-state index contributed by atoms with van der Waals surface area (Å²) in [6.45, 7) is 8.11. The molecule has 0 unspecified atom stereocenters. The highest BCUT2D eigenvalue weighted by molar-refractivity contribution is 5.32. The second-order valence-electron chi connectivity index (χ2n) is 4.31. The van der Waals surface area contributed by atoms with Crippen LogP contribution < -0.4 is 0 Å². The molecule has 78 valence electrons. The fourth-order valence-corrected chi connectivity index (χ4v) is 1.63. The first-order valence-electron chi connectivity index (χ1n) is 5.30. The average Bonchev–Trinajstić information content (AvgIpc) is 2.17. The van der Waals surface area contributed by atoms with E-state index in [0.717, 1.165) is 12.0 Å². The smallest absolute Gasteiger partial charge is 0.0893 e. The molecule has 0 aliphatic heterocycles. The van der Waals surface area contributed by atoms with E-state index >= 15 is 0 Å². The summed E-state index contributed by atoms with van der Waals surface area (Å²) in [5.74, 6) is 0.232. The van der Waals surface area contributed by atoms with Crippen LogP contribution in [0.15, 0.2) is 24.3 Å². The van der Waals surface area contributed by atoms with Gasteiger partial charge in [0, 0.05) is 0 Å². The number of hydrogen-bond acceptors (Lipinski definition) is 1. The molecule has 0 fully saturated rings. The van der Waals surface area contributed by atoms with Crippen LogP contribution in [0.5, 0.6) is 0 Å². The van der Waals surface area contributed by atoms with Crippen molar-refractivity contribution in [2.24, 2.45) is 5.92 Å². The Bertz CT molecular complexity index is 300. The molecule has 0 saturated carbocycles. The molecule has 0 aliphatic rings. The van der Waals surface area contributed by atoms with Crippen molar-refractivity contribution < 1.29 is 5.11 Å². The lowest BCUT2D eigenvalue weighted by molar-refractivity contribution is 0.00827. The topological polar surface area (TPSA) is 20.2 Å². The molecule has 0 spiro atoms. The van der Waals surface area contributed by atoms with Gasteiger partial charge in [-0.15, -0.1) is 0 Å². The summed E-state index contributed by atoms with van der Waals surface area (Å²) in [5, 5.41) is 10.4. The SMILES string of the molecule is CCc1ccccc1[C@](C)(O)C(C)C. The van der Waals surface area contributed by atoms with E-state index in [1.165, 1.54) is 5.56 Å². The zero-order valence-corrected chi connectivity index (χ0v) is 9.54. The quantitative estimate of drug-likeness (QED) is 0.780. The van der Waals surface area contributed by atoms with Gasteiger partial charge < -0.3 is 5.11 Å². The summed E-state index contributed by atoms with van der Waals surface area (Å²) in [4.78, 5) is 0. The Kier molecular flexibility index (Phi) is 3.33. The highest BCUT2D eigenvalue weighted by Crippen LogP contribution is 2.31. The van der Waals surface area contributed by atoms with E-state index in [1.54, 1.807) is 0 Å². The molecule has 0 heterocycles. The Balaban J connectivity index is 3.17. The summed E-state index contributed by atoms with van der Waals surface area (Å²) in [6, 6.07) is 8.13. The summed E-state index contributed by atoms with van der Waals surface area (Å²) < 4.78 is 0. The summed E-state index contributed by atoms with van der Waals surface area (Å²) in [6.07, 6.45) is 0.971. The fraction of sp³-hybridized carbons (Fsp3) is 0.538. The number of aryl methyl sites for hydroxylation is 1. The molecule has 0 amide bonds. The maximum absolute atomic E-state index is 10.4. The van der Waals surface area contributed by atoms with Gasteiger partial charge in [-0.2, -0.15) is 0 Å². The normalized spacial score (nSPS) is 15.6. The van der Waals surface area contributed by atoms with Gasteiger partial charge in [0.2, 0.25) is 0 Å². The van der Waals surface area contributed by atoms with Gasteiger partial charge in [-0.1, -0.05) is 45.0 Å². The molecule has 0 radical (unpaired) electrons. The van der Waals surface area contributed by atoms with Gasteiger partial charge in [0.15, 0.2) is 0 Å². The minimum Gasteiger partial charge on any atom is -0.385 e. The predicted octanol–water partition coefficient (Wildman–Crippen LogP) is 3.11. The first-order valence-corrected chi connectivity index (χ1v) is 5.30. The fourth-order valence-electron chi connectivity index (χ4n) is 1.63. The molecule has 1 aromatic rings. The van der Waals surface area contributed by atoms with Crippen molar-refractivity contribution in [3.8, 4) is 0 Å². The van der Waals surface area contributed by atoms with Crippen molar-refractivity contribution in [1.29, 1.82) is 0 Å². The second kappa shape index (κ2) is 4.14. The van der Waals surface area contributed by atoms with Crippen LogP contribution in [0.2, 0.25) is 0 Å². The molecule has 0 aliphatic carbocycles. The Hall–Kier alpha value is -0.820. The van der Waals surface area contributed by atoms with Crippen LogP contribution in [0, 0.1) is 5.92 Å². The van der Waals surface area contributed by atoms with Gasteiger partial charge >= 0.3 is 0 Å². The third-order valence-corrected chi connectivity index (χ3v) is 3.07. The zero-order chi connectivity index (χ0) is 10.8. The van der Waals surface area contributed by atoms with Crippen LogP contribution >= 0.6 is 0 Å². The molecule has 1 heteroatoms. The second-order valence-corrected chi connectivity index (χ2v) is 4.31. The lowest BCUT2D eigenvalue weighted by Gasteiger charge is -2.30. The Morgan fingerprint density at radius 3 is 2.36 bits per heavy atom. The van der Waals surface area contributed by atoms with Gasteiger partial charge in [-0.3, -0.25) is 0 Å². The zero-order valence-electron chi connectivity index (χ0n) is 9.54. The third kappa shape index (κ3) is 1.98. The number of rotatable bonds is 3. The minimum atomic E-state index is -0.716. The molecule has 0 saturated heterocycles. The van der Waals surface area contributed by atoms with E-state index in [2.05, 4.69) is 13.0 Å². The van der Waals surface area contributed by atoms with Crippen molar-refractivity contribution in [2.45, 2.75) is 39.7 Å². The summed E-state index contributed by atoms with van der Waals surface area (Å²) in [7, 11) is 0. The van der Waals surface area contributed by atoms with Crippen molar-refractivity contribution >= 4 is 0 Å². The van der Waals surface area contributed by atoms with E-state index in [1.807, 2.05) is 39.0 Å². The van der Waals surface area contributed by atoms with Crippen molar-refractivity contribution in [3.63, 3.8) is 0 Å². The highest BCUT2D eigenvalue weighted by Gasteiger charge is 2.28. The Labute approximate surface area is 86.8 Å². The van der Waals surface area contributed by atoms with Gasteiger partial charge in [-0.25, -0.2) is 0 Å². The first-order chi connectivity index (χ1) is 6.50. The van der Waals surface area contributed by atoms with Gasteiger partial charge in [0.05, 0.1) is 5.60 Å². The van der Waals surface area contributed by atoms with Crippen LogP contribution in [0.25, 0.3) is 0 Å². The molecular weight excluding hydrogens is 172 g/mol. The third-order valence-electron chi connectivity index (χ3n) is 3.07. The van der Waals surface area contributed by atoms with Crippen LogP contribution in [0.3, 0.4) is 0 Å². The molecule has 1 rings (SSSR count). The lowest BCUT2D eigenvalue weighted by atomic mass is 9.82. The summed E-state index contributed by atoms with van der Waals surface area (Å²) in [5.41, 5.74) is 1.59. The molecule has 0 bridgehead atoms. The predicted molar refractivity (Wildman–Crippen MR) is 60.2 cm³/mol. The van der Waals surface area contributed by atoms with Crippen LogP contribution in [-0.2, 0) is 12.0 Å². The molecular formula is C13H20O. The highest BCUT2D eigenvalue weighted by atomic mass is 16.3. The van der Waals surface area contributed by atoms with Gasteiger partial charge in [-0.05, 0) is 30.4 Å². The Morgan fingerprint density at radius 2 is 1.86 bits per heavy atom. The molecule has 1 N–H and O–H groups in total. The minimum absolute atomic E-state index is 0.232. The lowest BCUT2D eigenvalue weighted by Crippen LogP contribution is -2.29. The maximum Gasteiger partial charge on any atom is 0.0893 e. The van der Waals surface area contributed by atoms with Crippen LogP contribution in [-0.4, -0.2) is 5.11 Å². The molecule has 1 aromatic carbocycles. The Morgan fingerprint density at radius 1 is 1.29 bits per heavy atom.